The second kappa shape index (κ2) is 11.9. The molecule has 9 heteroatoms. The maximum atomic E-state index is 11.9. The van der Waals surface area contributed by atoms with Gasteiger partial charge in [0, 0.05) is 52.2 Å². The summed E-state index contributed by atoms with van der Waals surface area (Å²) in [6, 6.07) is 10.6. The van der Waals surface area contributed by atoms with Crippen LogP contribution in [0.2, 0.25) is 0 Å². The molecular weight excluding hydrogens is 507 g/mol. The number of hydrogen-bond donors (Lipinski definition) is 2. The summed E-state index contributed by atoms with van der Waals surface area (Å²) < 4.78 is 5.09. The lowest BCUT2D eigenvalue weighted by molar-refractivity contribution is 0.0963. The van der Waals surface area contributed by atoms with E-state index in [1.807, 2.05) is 44.1 Å². The number of pyridine rings is 1. The van der Waals surface area contributed by atoms with Gasteiger partial charge in [0.1, 0.15) is 5.82 Å². The number of carbonyl (C=O) groups is 1. The molecule has 3 rings (SSSR count). The Bertz CT molecular complexity index is 897. The Labute approximate surface area is 201 Å². The quantitative estimate of drug-likeness (QED) is 0.345. The smallest absolute Gasteiger partial charge is 0.409 e. The van der Waals surface area contributed by atoms with Crippen molar-refractivity contribution in [2.75, 3.05) is 45.7 Å². The highest BCUT2D eigenvalue weighted by Crippen LogP contribution is 2.22. The lowest BCUT2D eigenvalue weighted by Crippen LogP contribution is -2.49. The Kier molecular flexibility index (Phi) is 9.60. The number of anilines is 1. The molecule has 0 saturated carbocycles. The first-order valence-electron chi connectivity index (χ1n) is 10.5. The van der Waals surface area contributed by atoms with Gasteiger partial charge in [-0.3, -0.25) is 4.99 Å². The van der Waals surface area contributed by atoms with Crippen LogP contribution in [0, 0.1) is 0 Å². The average molecular weight is 540 g/mol. The fourth-order valence-corrected chi connectivity index (χ4v) is 3.60. The largest absolute Gasteiger partial charge is 0.450 e. The van der Waals surface area contributed by atoms with Crippen molar-refractivity contribution in [3.05, 3.63) is 35.9 Å². The van der Waals surface area contributed by atoms with Gasteiger partial charge >= 0.3 is 6.09 Å². The lowest BCUT2D eigenvalue weighted by atomic mass is 10.1. The Morgan fingerprint density at radius 1 is 1.29 bits per heavy atom. The van der Waals surface area contributed by atoms with E-state index in [-0.39, 0.29) is 36.1 Å². The van der Waals surface area contributed by atoms with Gasteiger partial charge in [-0.05, 0) is 37.5 Å². The van der Waals surface area contributed by atoms with Crippen molar-refractivity contribution in [1.82, 2.24) is 20.5 Å². The van der Waals surface area contributed by atoms with E-state index in [9.17, 15) is 4.79 Å². The number of halogens is 1. The van der Waals surface area contributed by atoms with E-state index >= 15 is 0 Å². The van der Waals surface area contributed by atoms with Gasteiger partial charge in [-0.25, -0.2) is 9.78 Å². The van der Waals surface area contributed by atoms with Crippen molar-refractivity contribution in [3.63, 3.8) is 0 Å². The van der Waals surface area contributed by atoms with Gasteiger partial charge < -0.3 is 25.2 Å². The van der Waals surface area contributed by atoms with Crippen LogP contribution < -0.4 is 15.5 Å². The number of nitrogens with one attached hydrogen (secondary N) is 2. The molecule has 31 heavy (non-hydrogen) atoms. The maximum absolute atomic E-state index is 11.9. The molecule has 1 aromatic carbocycles. The molecule has 0 radical (unpaired) electrons. The van der Waals surface area contributed by atoms with Crippen LogP contribution in [0.4, 0.5) is 10.6 Å². The summed E-state index contributed by atoms with van der Waals surface area (Å²) in [7, 11) is 5.77. The number of carbonyl (C=O) groups excluding carboxylic acids is 1. The van der Waals surface area contributed by atoms with E-state index in [0.29, 0.717) is 26.2 Å². The minimum atomic E-state index is -0.222. The Morgan fingerprint density at radius 2 is 2.00 bits per heavy atom. The molecule has 1 fully saturated rings. The molecule has 2 N–H and O–H groups in total. The highest BCUT2D eigenvalue weighted by Gasteiger charge is 2.24. The van der Waals surface area contributed by atoms with Gasteiger partial charge in [0.25, 0.3) is 0 Å². The highest BCUT2D eigenvalue weighted by molar-refractivity contribution is 14.0. The molecule has 0 atom stereocenters. The van der Waals surface area contributed by atoms with Gasteiger partial charge in [-0.15, -0.1) is 24.0 Å². The first kappa shape index (κ1) is 25.0. The van der Waals surface area contributed by atoms with Gasteiger partial charge in [0.2, 0.25) is 0 Å². The fraction of sp³-hybridized carbons (Fsp3) is 0.500. The summed E-state index contributed by atoms with van der Waals surface area (Å²) >= 11 is 0. The van der Waals surface area contributed by atoms with Crippen molar-refractivity contribution in [3.8, 4) is 0 Å². The van der Waals surface area contributed by atoms with Crippen molar-refractivity contribution in [1.29, 1.82) is 0 Å². The molecule has 2 aromatic rings. The van der Waals surface area contributed by atoms with E-state index in [1.54, 1.807) is 11.9 Å². The molecule has 1 amide bonds. The van der Waals surface area contributed by atoms with Gasteiger partial charge in [0.05, 0.1) is 12.1 Å². The average Bonchev–Trinajstić information content (AvgIpc) is 2.76. The fourth-order valence-electron chi connectivity index (χ4n) is 3.60. The standard InChI is InChI=1S/C22H32N6O2.HI/c1-5-30-22(29)28-12-10-17(11-13-28)25-21(23-2)24-15-16-14-20(27(3)4)26-19-9-7-6-8-18(16)19;/h6-9,14,17H,5,10-13,15H2,1-4H3,(H2,23,24,25);1H. The number of guanidine groups is 1. The van der Waals surface area contributed by atoms with Crippen LogP contribution in [-0.4, -0.2) is 68.8 Å². The van der Waals surface area contributed by atoms with Crippen LogP contribution >= 0.6 is 24.0 Å². The zero-order valence-electron chi connectivity index (χ0n) is 18.7. The zero-order chi connectivity index (χ0) is 21.5. The Balaban J connectivity index is 0.00000341. The first-order valence-corrected chi connectivity index (χ1v) is 10.5. The molecule has 2 heterocycles. The SMILES string of the molecule is CCOC(=O)N1CCC(NC(=NC)NCc2cc(N(C)C)nc3ccccc23)CC1.I. The molecule has 170 valence electrons. The minimum absolute atomic E-state index is 0. The van der Waals surface area contributed by atoms with Crippen LogP contribution in [0.1, 0.15) is 25.3 Å². The number of aliphatic imine (C=N–C) groups is 1. The van der Waals surface area contributed by atoms with Gasteiger partial charge in [-0.2, -0.15) is 0 Å². The third-order valence-corrected chi connectivity index (χ3v) is 5.28. The lowest BCUT2D eigenvalue weighted by Gasteiger charge is -2.32. The summed E-state index contributed by atoms with van der Waals surface area (Å²) in [5.74, 6) is 1.69. The van der Waals surface area contributed by atoms with E-state index in [4.69, 9.17) is 9.72 Å². The summed E-state index contributed by atoms with van der Waals surface area (Å²) in [5.41, 5.74) is 2.15. The van der Waals surface area contributed by atoms with Crippen LogP contribution in [0.15, 0.2) is 35.3 Å². The Hall–Kier alpha value is -2.30. The van der Waals surface area contributed by atoms with Crippen molar-refractivity contribution >= 4 is 52.8 Å². The summed E-state index contributed by atoms with van der Waals surface area (Å²) in [5, 5.41) is 8.05. The zero-order valence-corrected chi connectivity index (χ0v) is 21.1. The number of fused-ring (bicyclic) bond motifs is 1. The number of aromatic nitrogens is 1. The second-order valence-electron chi connectivity index (χ2n) is 7.58. The molecule has 0 spiro atoms. The molecule has 1 aliphatic rings. The molecule has 1 aliphatic heterocycles. The molecule has 1 saturated heterocycles. The Morgan fingerprint density at radius 3 is 2.65 bits per heavy atom. The van der Waals surface area contributed by atoms with Crippen LogP contribution in [0.5, 0.6) is 0 Å². The van der Waals surface area contributed by atoms with E-state index in [1.165, 1.54) is 5.56 Å². The van der Waals surface area contributed by atoms with Crippen molar-refractivity contribution in [2.24, 2.45) is 4.99 Å². The first-order chi connectivity index (χ1) is 14.5. The predicted molar refractivity (Wildman–Crippen MR) is 136 cm³/mol. The molecular formula is C22H33IN6O2. The molecule has 1 aromatic heterocycles. The number of piperidine rings is 1. The van der Waals surface area contributed by atoms with Crippen LogP contribution in [0.3, 0.4) is 0 Å². The predicted octanol–water partition coefficient (Wildman–Crippen LogP) is 3.20. The molecule has 0 aliphatic carbocycles. The minimum Gasteiger partial charge on any atom is -0.450 e. The molecule has 8 nitrogen and oxygen atoms in total. The number of para-hydroxylation sites is 1. The molecule has 0 unspecified atom stereocenters. The van der Waals surface area contributed by atoms with Gasteiger partial charge in [-0.1, -0.05) is 18.2 Å². The third kappa shape index (κ3) is 6.59. The van der Waals surface area contributed by atoms with E-state index in [0.717, 1.165) is 35.5 Å². The van der Waals surface area contributed by atoms with Crippen LogP contribution in [-0.2, 0) is 11.3 Å². The second-order valence-corrected chi connectivity index (χ2v) is 7.58. The summed E-state index contributed by atoms with van der Waals surface area (Å²) in [4.78, 5) is 24.7. The van der Waals surface area contributed by atoms with Crippen molar-refractivity contribution in [2.45, 2.75) is 32.4 Å². The normalized spacial score (nSPS) is 14.7. The number of hydrogen-bond acceptors (Lipinski definition) is 5. The number of likely N-dealkylation sites (tertiary alicyclic amines) is 1. The number of ether oxygens (including phenoxy) is 1. The molecule has 0 bridgehead atoms. The maximum Gasteiger partial charge on any atom is 0.409 e. The summed E-state index contributed by atoms with van der Waals surface area (Å²) in [6.07, 6.45) is 1.50. The highest BCUT2D eigenvalue weighted by atomic mass is 127. The van der Waals surface area contributed by atoms with Gasteiger partial charge in [0.15, 0.2) is 5.96 Å². The number of nitrogens with zero attached hydrogens (tertiary/aromatic N) is 4. The number of benzene rings is 1. The van der Waals surface area contributed by atoms with Crippen molar-refractivity contribution < 1.29 is 9.53 Å². The topological polar surface area (TPSA) is 82.1 Å². The van der Waals surface area contributed by atoms with Crippen LogP contribution in [0.25, 0.3) is 10.9 Å². The van der Waals surface area contributed by atoms with E-state index in [2.05, 4.69) is 27.8 Å². The summed E-state index contributed by atoms with van der Waals surface area (Å²) in [6.45, 7) is 4.26. The third-order valence-electron chi connectivity index (χ3n) is 5.28. The number of rotatable bonds is 5. The van der Waals surface area contributed by atoms with E-state index < -0.39 is 0 Å². The monoisotopic (exact) mass is 540 g/mol. The number of amides is 1.